The van der Waals surface area contributed by atoms with E-state index in [1.807, 2.05) is 54.8 Å². The second-order valence-electron chi connectivity index (χ2n) is 6.49. The van der Waals surface area contributed by atoms with Crippen LogP contribution in [0.2, 0.25) is 0 Å². The van der Waals surface area contributed by atoms with Gasteiger partial charge in [0.2, 0.25) is 0 Å². The molecule has 3 rings (SSSR count). The fourth-order valence-electron chi connectivity index (χ4n) is 3.10. The van der Waals surface area contributed by atoms with Crippen molar-refractivity contribution in [2.45, 2.75) is 13.8 Å². The number of nitrogens with one attached hydrogen (secondary N) is 1. The summed E-state index contributed by atoms with van der Waals surface area (Å²) in [6, 6.07) is 16.9. The number of aromatic nitrogens is 1. The normalized spacial score (nSPS) is 11.1. The lowest BCUT2D eigenvalue weighted by Crippen LogP contribution is -2.13. The van der Waals surface area contributed by atoms with Crippen LogP contribution in [0.25, 0.3) is 11.8 Å². The zero-order chi connectivity index (χ0) is 21.0. The molecule has 6 heteroatoms. The van der Waals surface area contributed by atoms with Crippen molar-refractivity contribution >= 4 is 17.7 Å². The van der Waals surface area contributed by atoms with Gasteiger partial charge in [-0.15, -0.1) is 0 Å². The number of carbonyl (C=O) groups is 1. The Morgan fingerprint density at radius 1 is 1.14 bits per heavy atom. The number of hydrogen-bond donors (Lipinski definition) is 1. The first kappa shape index (κ1) is 19.9. The van der Waals surface area contributed by atoms with Crippen LogP contribution in [-0.4, -0.2) is 17.6 Å². The summed E-state index contributed by atoms with van der Waals surface area (Å²) in [5, 5.41) is 12.1. The Hall–Kier alpha value is -3.85. The summed E-state index contributed by atoms with van der Waals surface area (Å²) in [6.45, 7) is 3.88. The molecular weight excluding hydrogens is 369 g/mol. The number of rotatable bonds is 5. The predicted octanol–water partition coefficient (Wildman–Crippen LogP) is 4.79. The van der Waals surface area contributed by atoms with E-state index in [1.165, 1.54) is 24.3 Å². The molecule has 0 unspecified atom stereocenters. The molecule has 0 saturated carbocycles. The highest BCUT2D eigenvalue weighted by molar-refractivity contribution is 6.09. The zero-order valence-corrected chi connectivity index (χ0v) is 16.4. The Bertz CT molecular complexity index is 1100. The highest BCUT2D eigenvalue weighted by Crippen LogP contribution is 2.24. The van der Waals surface area contributed by atoms with E-state index >= 15 is 0 Å². The van der Waals surface area contributed by atoms with Crippen molar-refractivity contribution in [3.8, 4) is 17.5 Å². The number of methoxy groups -OCH3 is 1. The topological polar surface area (TPSA) is 67.0 Å². The van der Waals surface area contributed by atoms with E-state index in [0.717, 1.165) is 28.4 Å². The van der Waals surface area contributed by atoms with Crippen LogP contribution in [0.5, 0.6) is 5.75 Å². The fourth-order valence-corrected chi connectivity index (χ4v) is 3.10. The molecule has 0 aliphatic heterocycles. The molecule has 0 spiro atoms. The molecule has 0 aliphatic rings. The van der Waals surface area contributed by atoms with Crippen LogP contribution in [0.15, 0.2) is 60.2 Å². The van der Waals surface area contributed by atoms with E-state index in [-0.39, 0.29) is 5.57 Å². The molecule has 0 bridgehead atoms. The van der Waals surface area contributed by atoms with Gasteiger partial charge in [0.25, 0.3) is 5.91 Å². The number of ether oxygens (including phenoxy) is 1. The minimum absolute atomic E-state index is 0.0377. The molecular formula is C23H20FN3O2. The number of benzene rings is 2. The standard InChI is InChI=1S/C23H20FN3O2/c1-15-12-17(16(2)27(15)21-8-10-22(29-3)11-9-21)13-18(14-25)23(28)26-20-6-4-19(24)5-7-20/h4-13H,1-3H3,(H,26,28)/b18-13-. The lowest BCUT2D eigenvalue weighted by atomic mass is 10.1. The molecule has 146 valence electrons. The maximum Gasteiger partial charge on any atom is 0.266 e. The van der Waals surface area contributed by atoms with Gasteiger partial charge in [-0.05, 0) is 80.1 Å². The summed E-state index contributed by atoms with van der Waals surface area (Å²) in [4.78, 5) is 12.5. The van der Waals surface area contributed by atoms with Crippen molar-refractivity contribution in [3.63, 3.8) is 0 Å². The lowest BCUT2D eigenvalue weighted by Gasteiger charge is -2.10. The maximum atomic E-state index is 13.0. The number of amides is 1. The summed E-state index contributed by atoms with van der Waals surface area (Å²) in [5.41, 5.74) is 3.97. The maximum absolute atomic E-state index is 13.0. The van der Waals surface area contributed by atoms with Gasteiger partial charge in [-0.25, -0.2) is 4.39 Å². The second-order valence-corrected chi connectivity index (χ2v) is 6.49. The minimum Gasteiger partial charge on any atom is -0.497 e. The van der Waals surface area contributed by atoms with E-state index < -0.39 is 11.7 Å². The molecule has 1 N–H and O–H groups in total. The Morgan fingerprint density at radius 3 is 2.38 bits per heavy atom. The van der Waals surface area contributed by atoms with E-state index in [0.29, 0.717) is 5.69 Å². The van der Waals surface area contributed by atoms with Crippen LogP contribution in [-0.2, 0) is 4.79 Å². The van der Waals surface area contributed by atoms with Gasteiger partial charge >= 0.3 is 0 Å². The summed E-state index contributed by atoms with van der Waals surface area (Å²) in [6.07, 6.45) is 1.56. The highest BCUT2D eigenvalue weighted by Gasteiger charge is 2.14. The summed E-state index contributed by atoms with van der Waals surface area (Å²) >= 11 is 0. The van der Waals surface area contributed by atoms with Crippen LogP contribution < -0.4 is 10.1 Å². The fraction of sp³-hybridized carbons (Fsp3) is 0.130. The Morgan fingerprint density at radius 2 is 1.79 bits per heavy atom. The molecule has 0 atom stereocenters. The third kappa shape index (κ3) is 4.36. The van der Waals surface area contributed by atoms with Crippen molar-refractivity contribution in [1.29, 1.82) is 5.26 Å². The molecule has 1 heterocycles. The SMILES string of the molecule is COc1ccc(-n2c(C)cc(/C=C(/C#N)C(=O)Nc3ccc(F)cc3)c2C)cc1. The Labute approximate surface area is 168 Å². The predicted molar refractivity (Wildman–Crippen MR) is 110 cm³/mol. The van der Waals surface area contributed by atoms with E-state index in [2.05, 4.69) is 5.32 Å². The number of carbonyl (C=O) groups excluding carboxylic acids is 1. The van der Waals surface area contributed by atoms with Crippen molar-refractivity contribution in [3.05, 3.63) is 82.9 Å². The molecule has 2 aromatic carbocycles. The van der Waals surface area contributed by atoms with E-state index in [9.17, 15) is 14.4 Å². The number of aryl methyl sites for hydroxylation is 1. The number of halogens is 1. The van der Waals surface area contributed by atoms with E-state index in [4.69, 9.17) is 4.74 Å². The average molecular weight is 389 g/mol. The summed E-state index contributed by atoms with van der Waals surface area (Å²) in [5.74, 6) is -0.182. The molecule has 0 fully saturated rings. The first-order valence-corrected chi connectivity index (χ1v) is 8.95. The van der Waals surface area contributed by atoms with Gasteiger partial charge < -0.3 is 14.6 Å². The molecule has 0 radical (unpaired) electrons. The van der Waals surface area contributed by atoms with Gasteiger partial charge in [0, 0.05) is 22.8 Å². The van der Waals surface area contributed by atoms with Gasteiger partial charge in [0.1, 0.15) is 23.2 Å². The van der Waals surface area contributed by atoms with Gasteiger partial charge in [-0.1, -0.05) is 0 Å². The third-order valence-electron chi connectivity index (χ3n) is 4.57. The van der Waals surface area contributed by atoms with Crippen molar-refractivity contribution in [1.82, 2.24) is 4.57 Å². The van der Waals surface area contributed by atoms with Crippen LogP contribution >= 0.6 is 0 Å². The van der Waals surface area contributed by atoms with Crippen molar-refractivity contribution < 1.29 is 13.9 Å². The average Bonchev–Trinajstić information content (AvgIpc) is 3.00. The number of hydrogen-bond acceptors (Lipinski definition) is 3. The second kappa shape index (κ2) is 8.44. The van der Waals surface area contributed by atoms with Gasteiger partial charge in [-0.3, -0.25) is 4.79 Å². The minimum atomic E-state index is -0.548. The number of anilines is 1. The summed E-state index contributed by atoms with van der Waals surface area (Å²) in [7, 11) is 1.62. The number of nitrogens with zero attached hydrogens (tertiary/aromatic N) is 2. The largest absolute Gasteiger partial charge is 0.497 e. The zero-order valence-electron chi connectivity index (χ0n) is 16.4. The smallest absolute Gasteiger partial charge is 0.266 e. The summed E-state index contributed by atoms with van der Waals surface area (Å²) < 4.78 is 20.3. The van der Waals surface area contributed by atoms with Crippen molar-refractivity contribution in [2.24, 2.45) is 0 Å². The third-order valence-corrected chi connectivity index (χ3v) is 4.57. The molecule has 3 aromatic rings. The molecule has 5 nitrogen and oxygen atoms in total. The van der Waals surface area contributed by atoms with Gasteiger partial charge in [0.05, 0.1) is 7.11 Å². The van der Waals surface area contributed by atoms with Crippen LogP contribution in [0.3, 0.4) is 0 Å². The van der Waals surface area contributed by atoms with Crippen LogP contribution in [0, 0.1) is 31.0 Å². The molecule has 1 aromatic heterocycles. The van der Waals surface area contributed by atoms with Crippen LogP contribution in [0.4, 0.5) is 10.1 Å². The molecule has 1 amide bonds. The monoisotopic (exact) mass is 389 g/mol. The van der Waals surface area contributed by atoms with Gasteiger partial charge in [-0.2, -0.15) is 5.26 Å². The first-order valence-electron chi connectivity index (χ1n) is 8.95. The molecule has 29 heavy (non-hydrogen) atoms. The number of nitriles is 1. The lowest BCUT2D eigenvalue weighted by molar-refractivity contribution is -0.112. The Kier molecular flexibility index (Phi) is 5.79. The molecule has 0 aliphatic carbocycles. The first-order chi connectivity index (χ1) is 13.9. The van der Waals surface area contributed by atoms with Crippen molar-refractivity contribution in [2.75, 3.05) is 12.4 Å². The highest BCUT2D eigenvalue weighted by atomic mass is 19.1. The van der Waals surface area contributed by atoms with Crippen LogP contribution in [0.1, 0.15) is 17.0 Å². The quantitative estimate of drug-likeness (QED) is 0.504. The van der Waals surface area contributed by atoms with E-state index in [1.54, 1.807) is 13.2 Å². The molecule has 0 saturated heterocycles. The Balaban J connectivity index is 1.90. The van der Waals surface area contributed by atoms with Gasteiger partial charge in [0.15, 0.2) is 0 Å².